The topological polar surface area (TPSA) is 99.4 Å². The zero-order chi connectivity index (χ0) is 9.14. The van der Waals surface area contributed by atoms with Crippen molar-refractivity contribution >= 4 is 0 Å². The van der Waals surface area contributed by atoms with Crippen LogP contribution in [-0.4, -0.2) is 58.4 Å². The van der Waals surface area contributed by atoms with E-state index in [1.54, 1.807) is 0 Å². The highest BCUT2D eigenvalue weighted by Gasteiger charge is 2.42. The average Bonchev–Trinajstić information content (AvgIpc) is 2.33. The minimum Gasteiger partial charge on any atom is -0.394 e. The lowest BCUT2D eigenvalue weighted by Gasteiger charge is -2.12. The highest BCUT2D eigenvalue weighted by molar-refractivity contribution is 4.85. The summed E-state index contributed by atoms with van der Waals surface area (Å²) in [5.41, 5.74) is 0. The third-order valence-corrected chi connectivity index (χ3v) is 1.74. The van der Waals surface area contributed by atoms with E-state index in [1.165, 1.54) is 0 Å². The Hall–Kier alpha value is -0.240. The smallest absolute Gasteiger partial charge is 0.189 e. The molecule has 4 N–H and O–H groups in total. The summed E-state index contributed by atoms with van der Waals surface area (Å²) in [5.74, 6) is 0. The van der Waals surface area contributed by atoms with Crippen molar-refractivity contribution in [2.75, 3.05) is 13.4 Å². The van der Waals surface area contributed by atoms with Gasteiger partial charge in [0.05, 0.1) is 6.61 Å². The number of ether oxygens (including phenoxy) is 2. The van der Waals surface area contributed by atoms with Crippen molar-refractivity contribution in [2.24, 2.45) is 0 Å². The van der Waals surface area contributed by atoms with Gasteiger partial charge in [-0.1, -0.05) is 0 Å². The van der Waals surface area contributed by atoms with Gasteiger partial charge in [-0.25, -0.2) is 0 Å². The van der Waals surface area contributed by atoms with Crippen molar-refractivity contribution < 1.29 is 29.9 Å². The first kappa shape index (κ1) is 9.85. The lowest BCUT2D eigenvalue weighted by Crippen LogP contribution is -2.34. The molecule has 6 heteroatoms. The molecule has 4 atom stereocenters. The molecule has 0 saturated carbocycles. The summed E-state index contributed by atoms with van der Waals surface area (Å²) < 4.78 is 9.37. The summed E-state index contributed by atoms with van der Waals surface area (Å²) >= 11 is 0. The molecule has 12 heavy (non-hydrogen) atoms. The molecule has 6 nitrogen and oxygen atoms in total. The normalized spacial score (nSPS) is 42.0. The van der Waals surface area contributed by atoms with E-state index >= 15 is 0 Å². The molecular formula is C6H12O6. The summed E-state index contributed by atoms with van der Waals surface area (Å²) in [7, 11) is 0. The molecule has 0 spiro atoms. The van der Waals surface area contributed by atoms with Gasteiger partial charge in [-0.15, -0.1) is 0 Å². The minimum absolute atomic E-state index is 0.399. The third-order valence-electron chi connectivity index (χ3n) is 1.74. The second kappa shape index (κ2) is 4.13. The maximum atomic E-state index is 9.17. The molecule has 0 radical (unpaired) electrons. The largest absolute Gasteiger partial charge is 0.394 e. The first-order valence-electron chi connectivity index (χ1n) is 3.55. The predicted molar refractivity (Wildman–Crippen MR) is 35.9 cm³/mol. The van der Waals surface area contributed by atoms with Gasteiger partial charge in [0.15, 0.2) is 6.29 Å². The summed E-state index contributed by atoms with van der Waals surface area (Å²) in [6, 6.07) is 0. The molecule has 0 aromatic heterocycles. The van der Waals surface area contributed by atoms with Crippen molar-refractivity contribution in [1.82, 2.24) is 0 Å². The van der Waals surface area contributed by atoms with Gasteiger partial charge in [-0.2, -0.15) is 0 Å². The quantitative estimate of drug-likeness (QED) is 0.355. The van der Waals surface area contributed by atoms with E-state index in [0.717, 1.165) is 0 Å². The standard InChI is InChI=1S/C6H12O6/c7-1-3-4(9)5(10)6(12-3)11-2-8/h3-10H,1-2H2/t3-,4-,5-,6?/m1/s1. The van der Waals surface area contributed by atoms with Crippen LogP contribution in [0.5, 0.6) is 0 Å². The van der Waals surface area contributed by atoms with Crippen LogP contribution in [0.3, 0.4) is 0 Å². The molecule has 0 aliphatic carbocycles. The molecular weight excluding hydrogens is 168 g/mol. The molecule has 0 aromatic carbocycles. The average molecular weight is 180 g/mol. The summed E-state index contributed by atoms with van der Waals surface area (Å²) in [4.78, 5) is 0. The van der Waals surface area contributed by atoms with Crippen LogP contribution in [0, 0.1) is 0 Å². The van der Waals surface area contributed by atoms with Crippen molar-refractivity contribution in [3.05, 3.63) is 0 Å². The molecule has 0 amide bonds. The van der Waals surface area contributed by atoms with E-state index < -0.39 is 38.0 Å². The number of hydrogen-bond acceptors (Lipinski definition) is 6. The van der Waals surface area contributed by atoms with Crippen molar-refractivity contribution in [3.8, 4) is 0 Å². The summed E-state index contributed by atoms with van der Waals surface area (Å²) in [5, 5.41) is 35.3. The Balaban J connectivity index is 2.48. The van der Waals surface area contributed by atoms with E-state index in [2.05, 4.69) is 4.74 Å². The van der Waals surface area contributed by atoms with Crippen molar-refractivity contribution in [3.63, 3.8) is 0 Å². The van der Waals surface area contributed by atoms with Crippen LogP contribution in [0.4, 0.5) is 0 Å². The maximum absolute atomic E-state index is 9.17. The van der Waals surface area contributed by atoms with Crippen LogP contribution in [0.1, 0.15) is 0 Å². The monoisotopic (exact) mass is 180 g/mol. The molecule has 0 aromatic rings. The number of hydrogen-bond donors (Lipinski definition) is 4. The van der Waals surface area contributed by atoms with Gasteiger partial charge in [0.25, 0.3) is 0 Å². The second-order valence-electron chi connectivity index (χ2n) is 2.50. The lowest BCUT2D eigenvalue weighted by atomic mass is 10.1. The zero-order valence-electron chi connectivity index (χ0n) is 6.33. The molecule has 1 unspecified atom stereocenters. The first-order chi connectivity index (χ1) is 5.70. The third kappa shape index (κ3) is 1.74. The molecule has 72 valence electrons. The van der Waals surface area contributed by atoms with Gasteiger partial charge in [-0.3, -0.25) is 0 Å². The van der Waals surface area contributed by atoms with Crippen LogP contribution in [0.2, 0.25) is 0 Å². The Morgan fingerprint density at radius 2 is 1.83 bits per heavy atom. The van der Waals surface area contributed by atoms with Gasteiger partial charge in [-0.05, 0) is 0 Å². The van der Waals surface area contributed by atoms with Gasteiger partial charge < -0.3 is 29.9 Å². The molecule has 0 bridgehead atoms. The van der Waals surface area contributed by atoms with Crippen LogP contribution < -0.4 is 0 Å². The van der Waals surface area contributed by atoms with Crippen LogP contribution in [0.25, 0.3) is 0 Å². The lowest BCUT2D eigenvalue weighted by molar-refractivity contribution is -0.201. The van der Waals surface area contributed by atoms with Crippen LogP contribution in [0.15, 0.2) is 0 Å². The Bertz CT molecular complexity index is 140. The Labute approximate surface area is 69.0 Å². The van der Waals surface area contributed by atoms with E-state index in [9.17, 15) is 0 Å². The summed E-state index contributed by atoms with van der Waals surface area (Å²) in [6.45, 7) is -1.00. The maximum Gasteiger partial charge on any atom is 0.189 e. The van der Waals surface area contributed by atoms with Gasteiger partial charge in [0.1, 0.15) is 25.1 Å². The Kier molecular flexibility index (Phi) is 3.39. The number of rotatable bonds is 3. The SMILES string of the molecule is OCOC1O[C@H](CO)[C@@H](O)[C@H]1O. The predicted octanol–water partition coefficient (Wildman–Crippen LogP) is -2.61. The van der Waals surface area contributed by atoms with E-state index in [1.807, 2.05) is 0 Å². The van der Waals surface area contributed by atoms with Gasteiger partial charge >= 0.3 is 0 Å². The minimum atomic E-state index is -1.23. The highest BCUT2D eigenvalue weighted by atomic mass is 16.7. The molecule has 1 rings (SSSR count). The Morgan fingerprint density at radius 3 is 2.25 bits per heavy atom. The van der Waals surface area contributed by atoms with E-state index in [4.69, 9.17) is 25.2 Å². The molecule has 1 saturated heterocycles. The highest BCUT2D eigenvalue weighted by Crippen LogP contribution is 2.21. The molecule has 1 aliphatic rings. The molecule has 1 aliphatic heterocycles. The second-order valence-corrected chi connectivity index (χ2v) is 2.50. The van der Waals surface area contributed by atoms with Crippen molar-refractivity contribution in [1.29, 1.82) is 0 Å². The summed E-state index contributed by atoms with van der Waals surface area (Å²) in [6.07, 6.45) is -4.32. The van der Waals surface area contributed by atoms with E-state index in [0.29, 0.717) is 0 Å². The van der Waals surface area contributed by atoms with Gasteiger partial charge in [0, 0.05) is 0 Å². The first-order valence-corrected chi connectivity index (χ1v) is 3.55. The Morgan fingerprint density at radius 1 is 1.17 bits per heavy atom. The fourth-order valence-electron chi connectivity index (χ4n) is 1.08. The van der Waals surface area contributed by atoms with Crippen LogP contribution in [-0.2, 0) is 9.47 Å². The fraction of sp³-hybridized carbons (Fsp3) is 1.00. The van der Waals surface area contributed by atoms with Gasteiger partial charge in [0.2, 0.25) is 0 Å². The zero-order valence-corrected chi connectivity index (χ0v) is 6.33. The fourth-order valence-corrected chi connectivity index (χ4v) is 1.08. The molecule has 1 heterocycles. The van der Waals surface area contributed by atoms with Crippen LogP contribution >= 0.6 is 0 Å². The molecule has 1 fully saturated rings. The van der Waals surface area contributed by atoms with E-state index in [-0.39, 0.29) is 0 Å². The number of aliphatic hydroxyl groups excluding tert-OH is 4. The van der Waals surface area contributed by atoms with Crippen molar-refractivity contribution in [2.45, 2.75) is 24.6 Å². The number of aliphatic hydroxyl groups is 4.